The normalized spacial score (nSPS) is 12.0. The summed E-state index contributed by atoms with van der Waals surface area (Å²) in [5.41, 5.74) is 0. The van der Waals surface area contributed by atoms with Crippen LogP contribution in [0.4, 0.5) is 5.82 Å². The number of hydrogen-bond acceptors (Lipinski definition) is 3. The Morgan fingerprint density at radius 1 is 1.55 bits per heavy atom. The molecule has 0 radical (unpaired) electrons. The molecule has 0 saturated heterocycles. The van der Waals surface area contributed by atoms with E-state index in [1.165, 1.54) is 11.0 Å². The molecule has 20 heavy (non-hydrogen) atoms. The summed E-state index contributed by atoms with van der Waals surface area (Å²) in [4.78, 5) is 17.6. The molecule has 0 aliphatic heterocycles. The number of nitrogens with zero attached hydrogens (tertiary/aromatic N) is 2. The summed E-state index contributed by atoms with van der Waals surface area (Å²) < 4.78 is 6.37. The largest absolute Gasteiger partial charge is 0.360 e. The topological polar surface area (TPSA) is 42.4 Å². The number of pyridine rings is 1. The first-order valence-electron chi connectivity index (χ1n) is 6.13. The van der Waals surface area contributed by atoms with Gasteiger partial charge in [-0.15, -0.1) is 0 Å². The third kappa shape index (κ3) is 5.64. The van der Waals surface area contributed by atoms with E-state index >= 15 is 0 Å². The first-order chi connectivity index (χ1) is 9.35. The Balaban J connectivity index is 2.70. The van der Waals surface area contributed by atoms with E-state index in [2.05, 4.69) is 46.3 Å². The predicted molar refractivity (Wildman–Crippen MR) is 90.7 cm³/mol. The number of amides is 1. The zero-order valence-corrected chi connectivity index (χ0v) is 14.5. The summed E-state index contributed by atoms with van der Waals surface area (Å²) in [6.45, 7) is 4.32. The van der Waals surface area contributed by atoms with Crippen molar-refractivity contribution in [3.8, 4) is 0 Å². The molecule has 112 valence electrons. The second-order valence-corrected chi connectivity index (χ2v) is 10.6. The second-order valence-electron chi connectivity index (χ2n) is 5.11. The summed E-state index contributed by atoms with van der Waals surface area (Å²) >= 11 is 3.39. The molecule has 0 atom stereocenters. The zero-order valence-electron chi connectivity index (χ0n) is 12.1. The minimum atomic E-state index is -0.594. The van der Waals surface area contributed by atoms with Crippen LogP contribution in [-0.2, 0) is 9.53 Å². The highest BCUT2D eigenvalue weighted by molar-refractivity contribution is 9.10. The van der Waals surface area contributed by atoms with Crippen molar-refractivity contribution in [1.29, 1.82) is 0 Å². The lowest BCUT2D eigenvalue weighted by Crippen LogP contribution is -2.33. The maximum atomic E-state index is 11.9. The van der Waals surface area contributed by atoms with E-state index in [9.17, 15) is 4.79 Å². The summed E-state index contributed by atoms with van der Waals surface area (Å²) in [6.07, 6.45) is 9.61. The van der Waals surface area contributed by atoms with Gasteiger partial charge in [0.2, 0.25) is 0 Å². The minimum absolute atomic E-state index is 0.177. The molecule has 1 rings (SSSR count). The van der Waals surface area contributed by atoms with Crippen molar-refractivity contribution in [2.24, 2.45) is 0 Å². The van der Waals surface area contributed by atoms with Crippen LogP contribution in [0.1, 0.15) is 0 Å². The third-order valence-corrected chi connectivity index (χ3v) is 4.51. The minimum Gasteiger partial charge on any atom is -0.360 e. The first kappa shape index (κ1) is 17.2. The van der Waals surface area contributed by atoms with Gasteiger partial charge in [0.15, 0.2) is 5.82 Å². The molecule has 0 bridgehead atoms. The standard InChI is InChI=1S/C14H21BrN2O2S/c1-5-13(18)17(11-19-9-10-20(2,3)4)14-12(15)7-6-8-16-14/h5-8H,1,9-11H2,2-4H3. The van der Waals surface area contributed by atoms with Crippen LogP contribution < -0.4 is 4.90 Å². The van der Waals surface area contributed by atoms with E-state index in [1.807, 2.05) is 6.07 Å². The quantitative estimate of drug-likeness (QED) is 0.426. The number of hydrogen-bond donors (Lipinski definition) is 0. The van der Waals surface area contributed by atoms with Gasteiger partial charge in [-0.1, -0.05) is 6.58 Å². The van der Waals surface area contributed by atoms with E-state index in [0.29, 0.717) is 12.4 Å². The molecular weight excluding hydrogens is 340 g/mol. The van der Waals surface area contributed by atoms with Gasteiger partial charge in [-0.25, -0.2) is 15.0 Å². The van der Waals surface area contributed by atoms with Crippen molar-refractivity contribution in [3.63, 3.8) is 0 Å². The van der Waals surface area contributed by atoms with E-state index in [1.54, 1.807) is 12.3 Å². The molecule has 4 nitrogen and oxygen atoms in total. The van der Waals surface area contributed by atoms with E-state index in [-0.39, 0.29) is 12.6 Å². The van der Waals surface area contributed by atoms with E-state index in [0.717, 1.165) is 10.2 Å². The maximum absolute atomic E-state index is 11.9. The van der Waals surface area contributed by atoms with Gasteiger partial charge in [0, 0.05) is 11.9 Å². The van der Waals surface area contributed by atoms with Crippen molar-refractivity contribution in [1.82, 2.24) is 4.98 Å². The molecule has 0 aliphatic rings. The first-order valence-corrected chi connectivity index (χ1v) is 9.95. The van der Waals surface area contributed by atoms with E-state index in [4.69, 9.17) is 4.74 Å². The Labute approximate surface area is 130 Å². The lowest BCUT2D eigenvalue weighted by molar-refractivity contribution is -0.115. The third-order valence-electron chi connectivity index (χ3n) is 2.50. The highest BCUT2D eigenvalue weighted by Gasteiger charge is 2.17. The molecule has 6 heteroatoms. The van der Waals surface area contributed by atoms with Gasteiger partial charge in [-0.2, -0.15) is 0 Å². The Morgan fingerprint density at radius 2 is 2.25 bits per heavy atom. The van der Waals surface area contributed by atoms with Gasteiger partial charge in [0.1, 0.15) is 6.73 Å². The number of carbonyl (C=O) groups is 1. The number of rotatable bonds is 7. The van der Waals surface area contributed by atoms with Crippen molar-refractivity contribution in [3.05, 3.63) is 35.5 Å². The van der Waals surface area contributed by atoms with Gasteiger partial charge in [-0.3, -0.25) is 9.69 Å². The fourth-order valence-electron chi connectivity index (χ4n) is 1.38. The smallest absolute Gasteiger partial charge is 0.253 e. The highest BCUT2D eigenvalue weighted by Crippen LogP contribution is 2.33. The highest BCUT2D eigenvalue weighted by atomic mass is 79.9. The molecule has 0 aliphatic carbocycles. The van der Waals surface area contributed by atoms with Crippen molar-refractivity contribution in [2.45, 2.75) is 0 Å². The molecule has 1 amide bonds. The molecule has 1 heterocycles. The monoisotopic (exact) mass is 360 g/mol. The molecule has 0 aromatic carbocycles. The fourth-order valence-corrected chi connectivity index (χ4v) is 2.47. The van der Waals surface area contributed by atoms with Crippen LogP contribution in [0.25, 0.3) is 0 Å². The van der Waals surface area contributed by atoms with Crippen LogP contribution in [-0.4, -0.2) is 48.7 Å². The molecule has 1 aromatic heterocycles. The van der Waals surface area contributed by atoms with Crippen LogP contribution in [0, 0.1) is 0 Å². The molecule has 0 N–H and O–H groups in total. The molecule has 0 unspecified atom stereocenters. The maximum Gasteiger partial charge on any atom is 0.253 e. The van der Waals surface area contributed by atoms with E-state index < -0.39 is 10.0 Å². The molecule has 1 aromatic rings. The van der Waals surface area contributed by atoms with Gasteiger partial charge < -0.3 is 4.74 Å². The Hall–Kier alpha value is -0.850. The van der Waals surface area contributed by atoms with Gasteiger partial charge in [0.05, 0.1) is 11.1 Å². The number of ether oxygens (including phenoxy) is 1. The SMILES string of the molecule is C=CC(=O)N(COCCS(C)(C)C)c1ncccc1Br. The molecule has 0 spiro atoms. The van der Waals surface area contributed by atoms with Crippen LogP contribution in [0.3, 0.4) is 0 Å². The number of aromatic nitrogens is 1. The lowest BCUT2D eigenvalue weighted by Gasteiger charge is -2.26. The Morgan fingerprint density at radius 3 is 2.80 bits per heavy atom. The molecule has 0 saturated carbocycles. The summed E-state index contributed by atoms with van der Waals surface area (Å²) in [5.74, 6) is 1.32. The van der Waals surface area contributed by atoms with Crippen molar-refractivity contribution in [2.75, 3.05) is 42.8 Å². The van der Waals surface area contributed by atoms with Crippen LogP contribution in [0.15, 0.2) is 35.5 Å². The molecule has 0 fully saturated rings. The molecular formula is C14H21BrN2O2S. The zero-order chi connectivity index (χ0) is 15.2. The number of anilines is 1. The number of carbonyl (C=O) groups excluding carboxylic acids is 1. The second kappa shape index (κ2) is 7.81. The van der Waals surface area contributed by atoms with Crippen LogP contribution in [0.5, 0.6) is 0 Å². The van der Waals surface area contributed by atoms with Crippen LogP contribution in [0.2, 0.25) is 0 Å². The lowest BCUT2D eigenvalue weighted by atomic mass is 10.4. The Bertz CT molecular complexity index is 474. The average Bonchev–Trinajstić information content (AvgIpc) is 2.38. The van der Waals surface area contributed by atoms with Gasteiger partial charge in [0.25, 0.3) is 5.91 Å². The van der Waals surface area contributed by atoms with Crippen LogP contribution >= 0.6 is 26.0 Å². The van der Waals surface area contributed by atoms with Gasteiger partial charge >= 0.3 is 0 Å². The van der Waals surface area contributed by atoms with Crippen molar-refractivity contribution >= 4 is 37.7 Å². The fraction of sp³-hybridized carbons (Fsp3) is 0.429. The summed E-state index contributed by atoms with van der Waals surface area (Å²) in [6, 6.07) is 3.64. The predicted octanol–water partition coefficient (Wildman–Crippen LogP) is 3.03. The Kier molecular flexibility index (Phi) is 6.71. The summed E-state index contributed by atoms with van der Waals surface area (Å²) in [5, 5.41) is 0. The average molecular weight is 361 g/mol. The summed E-state index contributed by atoms with van der Waals surface area (Å²) in [7, 11) is -0.594. The van der Waals surface area contributed by atoms with Crippen molar-refractivity contribution < 1.29 is 9.53 Å². The number of halogens is 1. The van der Waals surface area contributed by atoms with Gasteiger partial charge in [-0.05, 0) is 52.9 Å².